The van der Waals surface area contributed by atoms with Gasteiger partial charge in [0.05, 0.1) is 16.8 Å². The lowest BCUT2D eigenvalue weighted by Crippen LogP contribution is -2.07. The van der Waals surface area contributed by atoms with Crippen molar-refractivity contribution in [3.05, 3.63) is 168 Å². The summed E-state index contributed by atoms with van der Waals surface area (Å²) in [7, 11) is 0. The van der Waals surface area contributed by atoms with Crippen LogP contribution in [0.25, 0.3) is 16.9 Å². The molecule has 1 heterocycles. The number of hydrogen-bond donors (Lipinski definition) is 1. The summed E-state index contributed by atoms with van der Waals surface area (Å²) in [5.74, 6) is -3.36. The van der Waals surface area contributed by atoms with Crippen LogP contribution in [0.2, 0.25) is 5.02 Å². The molecule has 0 unspecified atom stereocenters. The number of carbonyl (C=O) groups is 3. The largest absolute Gasteiger partial charge is 0.488 e. The van der Waals surface area contributed by atoms with Crippen LogP contribution in [0, 0.1) is 30.2 Å². The van der Waals surface area contributed by atoms with E-state index in [1.807, 2.05) is 29.7 Å². The van der Waals surface area contributed by atoms with Crippen molar-refractivity contribution in [1.29, 1.82) is 0 Å². The quantitative estimate of drug-likeness (QED) is 0.0916. The van der Waals surface area contributed by atoms with Gasteiger partial charge >= 0.3 is 5.97 Å². The summed E-state index contributed by atoms with van der Waals surface area (Å²) in [5.41, 5.74) is 3.62. The molecule has 0 saturated heterocycles. The van der Waals surface area contributed by atoms with Crippen LogP contribution in [-0.2, 0) is 18.0 Å². The van der Waals surface area contributed by atoms with Gasteiger partial charge in [0, 0.05) is 67.0 Å². The Hall–Kier alpha value is -5.24. The highest BCUT2D eigenvalue weighted by Gasteiger charge is 2.18. The number of aromatic carboxylic acids is 1. The van der Waals surface area contributed by atoms with Crippen LogP contribution in [0.15, 0.2) is 112 Å². The van der Waals surface area contributed by atoms with E-state index in [1.54, 1.807) is 36.4 Å². The average Bonchev–Trinajstić information content (AvgIpc) is 3.54. The minimum Gasteiger partial charge on any atom is -0.488 e. The average molecular weight is 930 g/mol. The molecule has 0 radical (unpaired) electrons. The Labute approximate surface area is 347 Å². The van der Waals surface area contributed by atoms with Gasteiger partial charge in [0.2, 0.25) is 0 Å². The Bertz CT molecular complexity index is 2470. The van der Waals surface area contributed by atoms with E-state index in [9.17, 15) is 37.1 Å². The fourth-order valence-electron chi connectivity index (χ4n) is 5.61. The van der Waals surface area contributed by atoms with Crippen LogP contribution in [-0.4, -0.2) is 27.2 Å². The fraction of sp³-hybridized carbons (Fsp3) is 0.140. The van der Waals surface area contributed by atoms with Crippen molar-refractivity contribution in [3.8, 4) is 28.4 Å². The highest BCUT2D eigenvalue weighted by Crippen LogP contribution is 2.37. The number of aromatic nitrogens is 1. The Morgan fingerprint density at radius 2 is 1.28 bits per heavy atom. The van der Waals surface area contributed by atoms with Gasteiger partial charge in [0.1, 0.15) is 53.8 Å². The number of carboxylic acids is 1. The molecule has 1 aromatic heterocycles. The minimum atomic E-state index is -1.09. The van der Waals surface area contributed by atoms with Crippen molar-refractivity contribution in [2.45, 2.75) is 39.9 Å². The predicted octanol–water partition coefficient (Wildman–Crippen LogP) is 12.3. The third-order valence-electron chi connectivity index (χ3n) is 8.42. The lowest BCUT2D eigenvalue weighted by atomic mass is 10.0. The molecule has 14 heteroatoms. The van der Waals surface area contributed by atoms with Crippen molar-refractivity contribution in [2.24, 2.45) is 0 Å². The van der Waals surface area contributed by atoms with E-state index >= 15 is 0 Å². The number of aryl methyl sites for hydroxylation is 1. The highest BCUT2D eigenvalue weighted by atomic mass is 79.9. The second-order valence-electron chi connectivity index (χ2n) is 12.7. The molecular weight excluding hydrogens is 898 g/mol. The number of hydrogen-bond acceptors (Lipinski definition) is 5. The molecule has 1 N–H and O–H groups in total. The maximum atomic E-state index is 14.1. The van der Waals surface area contributed by atoms with Crippen LogP contribution < -0.4 is 9.47 Å². The Morgan fingerprint density at radius 1 is 0.702 bits per heavy atom. The highest BCUT2D eigenvalue weighted by molar-refractivity contribution is 9.10. The monoisotopic (exact) mass is 927 g/mol. The van der Waals surface area contributed by atoms with Gasteiger partial charge in [-0.1, -0.05) is 43.5 Å². The molecular formula is C43H32Br2ClF4NO6. The van der Waals surface area contributed by atoms with Crippen molar-refractivity contribution >= 4 is 61.0 Å². The van der Waals surface area contributed by atoms with Crippen molar-refractivity contribution in [2.75, 3.05) is 0 Å². The van der Waals surface area contributed by atoms with E-state index in [0.717, 1.165) is 34.1 Å². The molecule has 0 spiro atoms. The molecule has 0 aliphatic carbocycles. The van der Waals surface area contributed by atoms with Crippen molar-refractivity contribution < 1.29 is 46.5 Å². The summed E-state index contributed by atoms with van der Waals surface area (Å²) in [4.78, 5) is 34.8. The number of carbonyl (C=O) groups excluding carboxylic acids is 2. The molecule has 294 valence electrons. The Morgan fingerprint density at radius 3 is 1.86 bits per heavy atom. The first-order chi connectivity index (χ1) is 27.1. The van der Waals surface area contributed by atoms with E-state index in [0.29, 0.717) is 32.1 Å². The molecule has 0 atom stereocenters. The van der Waals surface area contributed by atoms with Crippen LogP contribution in [0.1, 0.15) is 57.3 Å². The number of carboxylic acid groups (broad SMARTS) is 1. The van der Waals surface area contributed by atoms with Crippen LogP contribution in [0.5, 0.6) is 11.5 Å². The molecule has 6 aromatic rings. The number of halogens is 7. The molecule has 0 bridgehead atoms. The van der Waals surface area contributed by atoms with E-state index < -0.39 is 29.2 Å². The van der Waals surface area contributed by atoms with Crippen molar-refractivity contribution in [3.63, 3.8) is 0 Å². The lowest BCUT2D eigenvalue weighted by molar-refractivity contribution is -0.117. The van der Waals surface area contributed by atoms with Crippen LogP contribution in [0.3, 0.4) is 0 Å². The SMILES string of the molecule is CC(=O)CCC(=O)c1cc(Br)ccc1OCc1ccc(F)cc1F.Cc1ccc(-c2cc(Br)ccc2OCc2ccc(F)cc2F)n1-c1cc(Cl)cc(C(=O)O)c1. The number of rotatable bonds is 13. The Kier molecular flexibility index (Phi) is 14.5. The summed E-state index contributed by atoms with van der Waals surface area (Å²) in [6.07, 6.45) is 0.227. The third-order valence-corrected chi connectivity index (χ3v) is 9.63. The zero-order valence-corrected chi connectivity index (χ0v) is 34.2. The zero-order valence-electron chi connectivity index (χ0n) is 30.2. The number of benzene rings is 5. The van der Waals surface area contributed by atoms with E-state index in [-0.39, 0.29) is 60.1 Å². The molecule has 0 fully saturated rings. The predicted molar refractivity (Wildman–Crippen MR) is 215 cm³/mol. The number of Topliss-reactive ketones (excluding diaryl/α,β-unsaturated/α-hetero) is 2. The topological polar surface area (TPSA) is 94.8 Å². The molecule has 5 aromatic carbocycles. The standard InChI is InChI=1S/C25H17BrClF2NO3.C18H15BrF2O3/c1-14-2-6-23(30(14)20-9-16(25(31)32)8-18(27)11-20)21-10-17(26)4-7-24(21)33-13-15-3-5-19(28)12-22(15)29;1-11(22)2-6-17(23)15-8-13(19)4-7-18(15)24-10-12-3-5-14(20)9-16(12)21/h2-12H,13H2,1H3,(H,31,32);3-5,7-9H,2,6,10H2,1H3. The van der Waals surface area contributed by atoms with E-state index in [1.165, 1.54) is 37.3 Å². The van der Waals surface area contributed by atoms with Crippen molar-refractivity contribution in [1.82, 2.24) is 4.57 Å². The molecule has 0 amide bonds. The van der Waals surface area contributed by atoms with Gasteiger partial charge in [0.15, 0.2) is 5.78 Å². The van der Waals surface area contributed by atoms with Gasteiger partial charge < -0.3 is 23.9 Å². The maximum absolute atomic E-state index is 14.1. The number of ether oxygens (including phenoxy) is 2. The zero-order chi connectivity index (χ0) is 41.4. The summed E-state index contributed by atoms with van der Waals surface area (Å²) < 4.78 is 68.7. The molecule has 6 rings (SSSR count). The van der Waals surface area contributed by atoms with Crippen LogP contribution in [0.4, 0.5) is 17.6 Å². The first-order valence-electron chi connectivity index (χ1n) is 17.1. The van der Waals surface area contributed by atoms with Gasteiger partial charge in [-0.15, -0.1) is 0 Å². The smallest absolute Gasteiger partial charge is 0.335 e. The van der Waals surface area contributed by atoms with Gasteiger partial charge in [0.25, 0.3) is 0 Å². The van der Waals surface area contributed by atoms with Gasteiger partial charge in [-0.2, -0.15) is 0 Å². The Balaban J connectivity index is 0.000000230. The van der Waals surface area contributed by atoms with Gasteiger partial charge in [-0.3, -0.25) is 4.79 Å². The molecule has 0 aliphatic heterocycles. The maximum Gasteiger partial charge on any atom is 0.335 e. The van der Waals surface area contributed by atoms with E-state index in [2.05, 4.69) is 31.9 Å². The van der Waals surface area contributed by atoms with Gasteiger partial charge in [-0.25, -0.2) is 22.4 Å². The summed E-state index contributed by atoms with van der Waals surface area (Å²) >= 11 is 12.9. The summed E-state index contributed by atoms with van der Waals surface area (Å²) in [5, 5.41) is 9.73. The molecule has 0 aliphatic rings. The normalized spacial score (nSPS) is 10.8. The van der Waals surface area contributed by atoms with Gasteiger partial charge in [-0.05, 0) is 105 Å². The lowest BCUT2D eigenvalue weighted by Gasteiger charge is -2.17. The second kappa shape index (κ2) is 19.3. The molecule has 0 saturated carbocycles. The molecule has 7 nitrogen and oxygen atoms in total. The van der Waals surface area contributed by atoms with E-state index in [4.69, 9.17) is 21.1 Å². The number of nitrogens with zero attached hydrogens (tertiary/aromatic N) is 1. The first-order valence-corrected chi connectivity index (χ1v) is 19.0. The number of ketones is 2. The third kappa shape index (κ3) is 11.4. The fourth-order valence-corrected chi connectivity index (χ4v) is 6.56. The summed E-state index contributed by atoms with van der Waals surface area (Å²) in [6, 6.07) is 25.2. The minimum absolute atomic E-state index is 0.0639. The van der Waals surface area contributed by atoms with Crippen LogP contribution >= 0.6 is 43.5 Å². The second-order valence-corrected chi connectivity index (χ2v) is 14.9. The summed E-state index contributed by atoms with van der Waals surface area (Å²) in [6.45, 7) is 3.07. The molecule has 57 heavy (non-hydrogen) atoms. The first kappa shape index (κ1) is 42.9.